The van der Waals surface area contributed by atoms with Crippen molar-refractivity contribution >= 4 is 63.5 Å². The van der Waals surface area contributed by atoms with E-state index in [1.807, 2.05) is 37.8 Å². The number of halogens is 2. The van der Waals surface area contributed by atoms with Crippen LogP contribution in [0, 0.1) is 0 Å². The van der Waals surface area contributed by atoms with Crippen LogP contribution in [0.4, 0.5) is 4.79 Å². The lowest BCUT2D eigenvalue weighted by Gasteiger charge is -2.28. The van der Waals surface area contributed by atoms with Crippen molar-refractivity contribution in [3.63, 3.8) is 0 Å². The SMILES string of the molecule is CC(C)(C)OC(=O)N1CCCC1Cc1nc2cc(Br)ccc2n1CCCOSI. The second-order valence-electron chi connectivity index (χ2n) is 8.23. The van der Waals surface area contributed by atoms with Crippen molar-refractivity contribution in [2.75, 3.05) is 13.2 Å². The summed E-state index contributed by atoms with van der Waals surface area (Å²) in [5, 5.41) is 0. The fraction of sp³-hybridized carbons (Fsp3) is 0.600. The summed E-state index contributed by atoms with van der Waals surface area (Å²) in [6, 6.07) is 6.31. The standard InChI is InChI=1S/C20H27BrIN3O3S/c1-20(2,3)28-19(26)24-9-4-6-15(24)13-18-23-16-12-14(21)7-8-17(16)25(18)10-5-11-27-29-22/h7-8,12,15H,4-6,9-11,13H2,1-3H3. The molecule has 1 aromatic heterocycles. The van der Waals surface area contributed by atoms with Crippen molar-refractivity contribution in [1.29, 1.82) is 0 Å². The molecule has 6 nitrogen and oxygen atoms in total. The first-order valence-corrected chi connectivity index (χ1v) is 13.9. The number of benzene rings is 1. The lowest BCUT2D eigenvalue weighted by Crippen LogP contribution is -2.41. The Bertz CT molecular complexity index is 855. The molecule has 0 saturated carbocycles. The third kappa shape index (κ3) is 6.24. The Morgan fingerprint density at radius 1 is 1.41 bits per heavy atom. The number of rotatable bonds is 7. The summed E-state index contributed by atoms with van der Waals surface area (Å²) < 4.78 is 14.3. The van der Waals surface area contributed by atoms with Gasteiger partial charge in [0, 0.05) is 51.2 Å². The topological polar surface area (TPSA) is 56.6 Å². The van der Waals surface area contributed by atoms with E-state index >= 15 is 0 Å². The Morgan fingerprint density at radius 2 is 2.21 bits per heavy atom. The van der Waals surface area contributed by atoms with Gasteiger partial charge in [-0.15, -0.1) is 0 Å². The molecule has 3 rings (SSSR count). The van der Waals surface area contributed by atoms with Gasteiger partial charge in [-0.25, -0.2) is 9.78 Å². The molecule has 1 amide bonds. The number of aryl methyl sites for hydroxylation is 1. The second kappa shape index (κ2) is 10.2. The summed E-state index contributed by atoms with van der Waals surface area (Å²) in [6.07, 6.45) is 3.38. The third-order valence-corrected chi connectivity index (χ3v) is 6.38. The van der Waals surface area contributed by atoms with Crippen LogP contribution in [0.2, 0.25) is 0 Å². The molecule has 2 aromatic rings. The average Bonchev–Trinajstić information content (AvgIpc) is 3.22. The molecule has 160 valence electrons. The zero-order valence-electron chi connectivity index (χ0n) is 17.0. The van der Waals surface area contributed by atoms with Gasteiger partial charge >= 0.3 is 6.09 Å². The van der Waals surface area contributed by atoms with Crippen molar-refractivity contribution in [2.45, 2.75) is 64.6 Å². The fourth-order valence-corrected chi connectivity index (χ4v) is 4.76. The van der Waals surface area contributed by atoms with E-state index in [-0.39, 0.29) is 12.1 Å². The largest absolute Gasteiger partial charge is 0.444 e. The highest BCUT2D eigenvalue weighted by Gasteiger charge is 2.33. The molecule has 0 radical (unpaired) electrons. The maximum atomic E-state index is 12.7. The summed E-state index contributed by atoms with van der Waals surface area (Å²) in [5.41, 5.74) is 1.60. The van der Waals surface area contributed by atoms with Crippen LogP contribution in [0.5, 0.6) is 0 Å². The molecule has 1 unspecified atom stereocenters. The number of carbonyl (C=O) groups excluding carboxylic acids is 1. The van der Waals surface area contributed by atoms with Crippen LogP contribution < -0.4 is 0 Å². The number of likely N-dealkylation sites (tertiary alicyclic amines) is 1. The minimum Gasteiger partial charge on any atom is -0.444 e. The van der Waals surface area contributed by atoms with Crippen LogP contribution in [0.3, 0.4) is 0 Å². The van der Waals surface area contributed by atoms with Crippen molar-refractivity contribution < 1.29 is 13.7 Å². The highest BCUT2D eigenvalue weighted by Crippen LogP contribution is 2.27. The zero-order chi connectivity index (χ0) is 21.0. The van der Waals surface area contributed by atoms with E-state index in [9.17, 15) is 4.79 Å². The molecule has 1 saturated heterocycles. The lowest BCUT2D eigenvalue weighted by molar-refractivity contribution is 0.0225. The molecule has 0 spiro atoms. The van der Waals surface area contributed by atoms with Crippen molar-refractivity contribution in [1.82, 2.24) is 14.5 Å². The summed E-state index contributed by atoms with van der Waals surface area (Å²) in [5.74, 6) is 1.01. The van der Waals surface area contributed by atoms with Crippen LogP contribution in [-0.4, -0.2) is 45.3 Å². The summed E-state index contributed by atoms with van der Waals surface area (Å²) in [6.45, 7) is 7.99. The van der Waals surface area contributed by atoms with Gasteiger partial charge in [0.2, 0.25) is 0 Å². The zero-order valence-corrected chi connectivity index (χ0v) is 21.5. The number of hydrogen-bond acceptors (Lipinski definition) is 5. The summed E-state index contributed by atoms with van der Waals surface area (Å²) >= 11 is 5.68. The molecule has 1 aromatic carbocycles. The molecular weight excluding hydrogens is 569 g/mol. The van der Waals surface area contributed by atoms with Gasteiger partial charge in [-0.05, 0) is 58.2 Å². The Labute approximate surface area is 197 Å². The van der Waals surface area contributed by atoms with Gasteiger partial charge in [-0.3, -0.25) is 0 Å². The van der Waals surface area contributed by atoms with Crippen LogP contribution in [0.15, 0.2) is 22.7 Å². The van der Waals surface area contributed by atoms with Crippen molar-refractivity contribution in [3.05, 3.63) is 28.5 Å². The van der Waals surface area contributed by atoms with Gasteiger partial charge < -0.3 is 18.4 Å². The number of amides is 1. The van der Waals surface area contributed by atoms with E-state index in [1.165, 1.54) is 9.21 Å². The molecule has 1 fully saturated rings. The number of nitrogens with zero attached hydrogens (tertiary/aromatic N) is 3. The van der Waals surface area contributed by atoms with Crippen molar-refractivity contribution in [2.24, 2.45) is 0 Å². The predicted molar refractivity (Wildman–Crippen MR) is 129 cm³/mol. The lowest BCUT2D eigenvalue weighted by atomic mass is 10.1. The fourth-order valence-electron chi connectivity index (χ4n) is 3.69. The van der Waals surface area contributed by atoms with E-state index < -0.39 is 5.60 Å². The maximum absolute atomic E-state index is 12.7. The van der Waals surface area contributed by atoms with E-state index in [4.69, 9.17) is 13.9 Å². The molecule has 9 heteroatoms. The number of fused-ring (bicyclic) bond motifs is 1. The quantitative estimate of drug-likeness (QED) is 0.218. The number of ether oxygens (including phenoxy) is 1. The molecule has 1 aliphatic heterocycles. The molecular formula is C20H27BrIN3O3S. The normalized spacial score (nSPS) is 17.3. The van der Waals surface area contributed by atoms with Crippen LogP contribution in [0.25, 0.3) is 11.0 Å². The molecule has 0 bridgehead atoms. The second-order valence-corrected chi connectivity index (χ2v) is 10.6. The Kier molecular flexibility index (Phi) is 8.14. The molecule has 0 N–H and O–H groups in total. The number of aromatic nitrogens is 2. The van der Waals surface area contributed by atoms with Gasteiger partial charge in [0.25, 0.3) is 0 Å². The maximum Gasteiger partial charge on any atom is 0.410 e. The van der Waals surface area contributed by atoms with Gasteiger partial charge in [-0.2, -0.15) is 0 Å². The summed E-state index contributed by atoms with van der Waals surface area (Å²) in [4.78, 5) is 19.4. The minimum atomic E-state index is -0.486. The third-order valence-electron chi connectivity index (χ3n) is 4.87. The van der Waals surface area contributed by atoms with Gasteiger partial charge in [-0.1, -0.05) is 15.9 Å². The van der Waals surface area contributed by atoms with Gasteiger partial charge in [0.05, 0.1) is 26.9 Å². The predicted octanol–water partition coefficient (Wildman–Crippen LogP) is 6.15. The van der Waals surface area contributed by atoms with E-state index in [0.29, 0.717) is 6.61 Å². The number of carbonyl (C=O) groups is 1. The van der Waals surface area contributed by atoms with E-state index in [2.05, 4.69) is 47.8 Å². The smallest absolute Gasteiger partial charge is 0.410 e. The number of imidazole rings is 1. The number of hydrogen-bond donors (Lipinski definition) is 0. The van der Waals surface area contributed by atoms with Crippen LogP contribution in [-0.2, 0) is 21.9 Å². The van der Waals surface area contributed by atoms with Crippen LogP contribution >= 0.6 is 46.3 Å². The molecule has 2 heterocycles. The average molecular weight is 596 g/mol. The monoisotopic (exact) mass is 595 g/mol. The van der Waals surface area contributed by atoms with E-state index in [0.717, 1.165) is 60.1 Å². The highest BCUT2D eigenvalue weighted by atomic mass is 127. The summed E-state index contributed by atoms with van der Waals surface area (Å²) in [7, 11) is 1.36. The van der Waals surface area contributed by atoms with Crippen LogP contribution in [0.1, 0.15) is 45.9 Å². The van der Waals surface area contributed by atoms with E-state index in [1.54, 1.807) is 0 Å². The molecule has 0 aliphatic carbocycles. The molecule has 29 heavy (non-hydrogen) atoms. The highest BCUT2D eigenvalue weighted by molar-refractivity contribution is 14.2. The Balaban J connectivity index is 1.81. The van der Waals surface area contributed by atoms with Gasteiger partial charge in [0.15, 0.2) is 0 Å². The Hall–Kier alpha value is -0.520. The van der Waals surface area contributed by atoms with Crippen molar-refractivity contribution in [3.8, 4) is 0 Å². The van der Waals surface area contributed by atoms with Gasteiger partial charge in [0.1, 0.15) is 11.4 Å². The first-order valence-electron chi connectivity index (χ1n) is 9.83. The Morgan fingerprint density at radius 3 is 2.93 bits per heavy atom. The first kappa shape index (κ1) is 23.1. The molecule has 1 atom stereocenters. The molecule has 1 aliphatic rings. The first-order chi connectivity index (χ1) is 13.8. The minimum absolute atomic E-state index is 0.116.